The van der Waals surface area contributed by atoms with E-state index < -0.39 is 11.0 Å². The number of benzene rings is 1. The fourth-order valence-electron chi connectivity index (χ4n) is 2.95. The summed E-state index contributed by atoms with van der Waals surface area (Å²) in [5.74, 6) is -0.139. The Balaban J connectivity index is 2.55. The van der Waals surface area contributed by atoms with Gasteiger partial charge in [-0.1, -0.05) is 18.5 Å². The molecule has 4 nitrogen and oxygen atoms in total. The number of nitrogens with zero attached hydrogens (tertiary/aromatic N) is 2. The van der Waals surface area contributed by atoms with E-state index in [1.54, 1.807) is 43.9 Å². The number of carbonyl (C=O) groups excluding carboxylic acids is 1. The smallest absolute Gasteiger partial charge is 0.235 e. The monoisotopic (exact) mass is 306 g/mol. The van der Waals surface area contributed by atoms with Crippen molar-refractivity contribution in [1.29, 1.82) is 5.26 Å². The summed E-state index contributed by atoms with van der Waals surface area (Å²) in [6, 6.07) is 6.57. The molecule has 0 spiro atoms. The molecule has 1 fully saturated rings. The highest BCUT2D eigenvalue weighted by atomic mass is 35.5. The van der Waals surface area contributed by atoms with Gasteiger partial charge in [-0.15, -0.1) is 0 Å². The quantitative estimate of drug-likeness (QED) is 0.913. The molecule has 2 atom stereocenters. The number of carbonyl (C=O) groups is 1. The number of hydrogen-bond acceptors (Lipinski definition) is 3. The van der Waals surface area contributed by atoms with E-state index in [0.29, 0.717) is 22.7 Å². The normalized spacial score (nSPS) is 27.8. The average molecular weight is 307 g/mol. The first-order chi connectivity index (χ1) is 9.68. The molecule has 1 amide bonds. The highest BCUT2D eigenvalue weighted by Gasteiger charge is 2.60. The van der Waals surface area contributed by atoms with Crippen molar-refractivity contribution in [1.82, 2.24) is 0 Å². The van der Waals surface area contributed by atoms with Crippen LogP contribution in [0.25, 0.3) is 0 Å². The predicted molar refractivity (Wildman–Crippen MR) is 82.1 cm³/mol. The summed E-state index contributed by atoms with van der Waals surface area (Å²) in [6.45, 7) is 7.14. The minimum absolute atomic E-state index is 0.139. The Bertz CT molecular complexity index is 632. The van der Waals surface area contributed by atoms with E-state index in [2.05, 4.69) is 0 Å². The zero-order chi connectivity index (χ0) is 16.0. The van der Waals surface area contributed by atoms with E-state index in [1.807, 2.05) is 13.0 Å². The topological polar surface area (TPSA) is 64.3 Å². The lowest BCUT2D eigenvalue weighted by molar-refractivity contribution is -0.131. The minimum atomic E-state index is -1.14. The minimum Gasteiger partial charge on any atom is -0.387 e. The van der Waals surface area contributed by atoms with Gasteiger partial charge in [0.2, 0.25) is 5.91 Å². The molecule has 0 radical (unpaired) electrons. The van der Waals surface area contributed by atoms with Crippen molar-refractivity contribution >= 4 is 23.2 Å². The van der Waals surface area contributed by atoms with Crippen LogP contribution in [-0.4, -0.2) is 22.7 Å². The molecule has 0 saturated carbocycles. The first-order valence-electron chi connectivity index (χ1n) is 6.94. The Kier molecular flexibility index (Phi) is 3.77. The second-order valence-corrected chi connectivity index (χ2v) is 6.55. The molecule has 2 rings (SSSR count). The third-order valence-electron chi connectivity index (χ3n) is 4.72. The van der Waals surface area contributed by atoms with E-state index >= 15 is 0 Å². The molecule has 1 aliphatic rings. The van der Waals surface area contributed by atoms with Crippen LogP contribution >= 0.6 is 11.6 Å². The van der Waals surface area contributed by atoms with Crippen molar-refractivity contribution in [3.63, 3.8) is 0 Å². The van der Waals surface area contributed by atoms with Crippen LogP contribution in [0.4, 0.5) is 5.69 Å². The number of aliphatic hydroxyl groups is 1. The molecule has 1 saturated heterocycles. The molecule has 0 aromatic heterocycles. The van der Waals surface area contributed by atoms with Crippen LogP contribution in [0.1, 0.15) is 39.7 Å². The molecule has 112 valence electrons. The van der Waals surface area contributed by atoms with Crippen LogP contribution in [-0.2, 0) is 4.79 Å². The van der Waals surface area contributed by atoms with Crippen molar-refractivity contribution in [3.8, 4) is 6.07 Å². The van der Waals surface area contributed by atoms with Crippen molar-refractivity contribution in [2.75, 3.05) is 4.90 Å². The van der Waals surface area contributed by atoms with Gasteiger partial charge in [0.25, 0.3) is 0 Å². The third kappa shape index (κ3) is 2.12. The lowest BCUT2D eigenvalue weighted by Crippen LogP contribution is -2.47. The summed E-state index contributed by atoms with van der Waals surface area (Å²) in [6.07, 6.45) is 0.625. The average Bonchev–Trinajstić information content (AvgIpc) is 2.55. The van der Waals surface area contributed by atoms with E-state index in [1.165, 1.54) is 0 Å². The van der Waals surface area contributed by atoms with E-state index in [-0.39, 0.29) is 11.9 Å². The molecular formula is C16H19ClN2O2. The second kappa shape index (κ2) is 5.01. The lowest BCUT2D eigenvalue weighted by atomic mass is 9.75. The van der Waals surface area contributed by atoms with Crippen LogP contribution in [0.2, 0.25) is 5.02 Å². The molecule has 1 N–H and O–H groups in total. The Morgan fingerprint density at radius 3 is 2.52 bits per heavy atom. The zero-order valence-corrected chi connectivity index (χ0v) is 13.4. The number of rotatable bonds is 2. The molecule has 5 heteroatoms. The summed E-state index contributed by atoms with van der Waals surface area (Å²) in [5.41, 5.74) is -1.04. The van der Waals surface area contributed by atoms with Crippen LogP contribution in [0.15, 0.2) is 18.2 Å². The highest BCUT2D eigenvalue weighted by molar-refractivity contribution is 6.32. The number of nitriles is 1. The number of hydrogen-bond donors (Lipinski definition) is 1. The molecule has 0 bridgehead atoms. The van der Waals surface area contributed by atoms with Gasteiger partial charge in [-0.3, -0.25) is 4.79 Å². The Labute approximate surface area is 129 Å². The maximum Gasteiger partial charge on any atom is 0.235 e. The molecular weight excluding hydrogens is 288 g/mol. The summed E-state index contributed by atoms with van der Waals surface area (Å²) in [7, 11) is 0. The zero-order valence-electron chi connectivity index (χ0n) is 12.6. The maximum atomic E-state index is 12.7. The Morgan fingerprint density at radius 1 is 1.43 bits per heavy atom. The Hall–Kier alpha value is -1.57. The van der Waals surface area contributed by atoms with Crippen molar-refractivity contribution in [2.45, 2.75) is 45.8 Å². The number of anilines is 1. The van der Waals surface area contributed by atoms with Gasteiger partial charge in [-0.25, -0.2) is 0 Å². The number of amides is 1. The van der Waals surface area contributed by atoms with Gasteiger partial charge in [-0.05, 0) is 45.4 Å². The molecule has 0 aliphatic carbocycles. The summed E-state index contributed by atoms with van der Waals surface area (Å²) in [4.78, 5) is 14.3. The molecule has 1 aromatic carbocycles. The number of halogens is 1. The van der Waals surface area contributed by atoms with E-state index in [4.69, 9.17) is 16.9 Å². The lowest BCUT2D eigenvalue weighted by Gasteiger charge is -2.34. The van der Waals surface area contributed by atoms with Gasteiger partial charge < -0.3 is 10.0 Å². The standard InChI is InChI=1S/C16H19ClN2O2/c1-5-13-16(4,21)15(2,3)14(20)19(13)11-7-6-10(9-18)12(17)8-11/h6-8,13,21H,5H2,1-4H3/t13-,16+/m1/s1. The maximum absolute atomic E-state index is 12.7. The largest absolute Gasteiger partial charge is 0.387 e. The van der Waals surface area contributed by atoms with Crippen LogP contribution in [0, 0.1) is 16.7 Å². The molecule has 1 aromatic rings. The van der Waals surface area contributed by atoms with Gasteiger partial charge in [0.1, 0.15) is 6.07 Å². The van der Waals surface area contributed by atoms with E-state index in [9.17, 15) is 9.90 Å². The van der Waals surface area contributed by atoms with Gasteiger partial charge in [0, 0.05) is 5.69 Å². The Morgan fingerprint density at radius 2 is 2.05 bits per heavy atom. The van der Waals surface area contributed by atoms with Gasteiger partial charge in [0.15, 0.2) is 0 Å². The highest BCUT2D eigenvalue weighted by Crippen LogP contribution is 2.47. The molecule has 1 aliphatic heterocycles. The van der Waals surface area contributed by atoms with Crippen molar-refractivity contribution in [2.24, 2.45) is 5.41 Å². The first-order valence-corrected chi connectivity index (χ1v) is 7.32. The predicted octanol–water partition coefficient (Wildman–Crippen LogP) is 3.11. The third-order valence-corrected chi connectivity index (χ3v) is 5.03. The van der Waals surface area contributed by atoms with Crippen LogP contribution in [0.5, 0.6) is 0 Å². The van der Waals surface area contributed by atoms with Crippen molar-refractivity contribution in [3.05, 3.63) is 28.8 Å². The van der Waals surface area contributed by atoms with Gasteiger partial charge >= 0.3 is 0 Å². The summed E-state index contributed by atoms with van der Waals surface area (Å²) >= 11 is 6.07. The van der Waals surface area contributed by atoms with Crippen molar-refractivity contribution < 1.29 is 9.90 Å². The van der Waals surface area contributed by atoms with E-state index in [0.717, 1.165) is 0 Å². The molecule has 1 heterocycles. The van der Waals surface area contributed by atoms with Gasteiger partial charge in [-0.2, -0.15) is 5.26 Å². The van der Waals surface area contributed by atoms with Crippen LogP contribution < -0.4 is 4.90 Å². The van der Waals surface area contributed by atoms with Gasteiger partial charge in [0.05, 0.1) is 27.6 Å². The fourth-order valence-corrected chi connectivity index (χ4v) is 3.17. The summed E-state index contributed by atoms with van der Waals surface area (Å²) < 4.78 is 0. The molecule has 21 heavy (non-hydrogen) atoms. The summed E-state index contributed by atoms with van der Waals surface area (Å²) in [5, 5.41) is 20.0. The first kappa shape index (κ1) is 15.8. The fraction of sp³-hybridized carbons (Fsp3) is 0.500. The second-order valence-electron chi connectivity index (χ2n) is 6.15. The molecule has 0 unspecified atom stereocenters. The van der Waals surface area contributed by atoms with Crippen LogP contribution in [0.3, 0.4) is 0 Å². The SMILES string of the molecule is CC[C@H]1N(c2ccc(C#N)c(Cl)c2)C(=O)C(C)(C)[C@@]1(C)O.